The van der Waals surface area contributed by atoms with Crippen LogP contribution >= 0.6 is 0 Å². The Balaban J connectivity index is 7.01. The van der Waals surface area contributed by atoms with Crippen LogP contribution in [0, 0.1) is 0 Å². The minimum absolute atomic E-state index is 1.74. The fourth-order valence-electron chi connectivity index (χ4n) is 1.61. The molecular formula is C10HF22NO2S. The monoisotopic (exact) mass is 617 g/mol. The molecule has 36 heavy (non-hydrogen) atoms. The molecule has 0 aliphatic rings. The Morgan fingerprint density at radius 2 is 0.611 bits per heavy atom. The Morgan fingerprint density at radius 1 is 0.361 bits per heavy atom. The molecule has 218 valence electrons. The molecule has 0 atom stereocenters. The molecule has 0 aromatic heterocycles. The molecular weight excluding hydrogens is 616 g/mol. The summed E-state index contributed by atoms with van der Waals surface area (Å²) < 4.78 is 300. The summed E-state index contributed by atoms with van der Waals surface area (Å²) in [7, 11) is -8.81. The highest BCUT2D eigenvalue weighted by atomic mass is 32.2. The zero-order valence-electron chi connectivity index (χ0n) is 15.0. The molecule has 1 N–H and O–H groups in total. The number of nitrogens with one attached hydrogen (secondary N) is 1. The summed E-state index contributed by atoms with van der Waals surface area (Å²) in [6.07, 6.45) is -15.4. The SMILES string of the molecule is O=S(=O)(NC(F)(F)C(F)(F)F)C(F)(F)C(F)(F)C(F)(F)C(F)(F)C(F)(F)C(F)(F)C(F)(F)C(F)(F)F. The van der Waals surface area contributed by atoms with Gasteiger partial charge in [-0.05, 0) is 0 Å². The largest absolute Gasteiger partial charge is 0.470 e. The van der Waals surface area contributed by atoms with Gasteiger partial charge in [-0.15, -0.1) is 4.72 Å². The van der Waals surface area contributed by atoms with Crippen LogP contribution in [0.3, 0.4) is 0 Å². The maximum Gasteiger partial charge on any atom is 0.470 e. The Morgan fingerprint density at radius 3 is 0.861 bits per heavy atom. The average molecular weight is 617 g/mol. The van der Waals surface area contributed by atoms with Crippen molar-refractivity contribution in [3.63, 3.8) is 0 Å². The summed E-state index contributed by atoms with van der Waals surface area (Å²) in [5.41, 5.74) is 0. The molecule has 0 unspecified atom stereocenters. The van der Waals surface area contributed by atoms with Gasteiger partial charge in [0.1, 0.15) is 0 Å². The van der Waals surface area contributed by atoms with Crippen molar-refractivity contribution in [2.45, 2.75) is 59.2 Å². The molecule has 0 heterocycles. The van der Waals surface area contributed by atoms with Gasteiger partial charge in [-0.25, -0.2) is 8.42 Å². The van der Waals surface area contributed by atoms with Crippen molar-refractivity contribution >= 4 is 10.0 Å². The second kappa shape index (κ2) is 8.18. The molecule has 0 radical (unpaired) electrons. The van der Waals surface area contributed by atoms with Gasteiger partial charge in [0.15, 0.2) is 0 Å². The number of hydrogen-bond acceptors (Lipinski definition) is 2. The predicted octanol–water partition coefficient (Wildman–Crippen LogP) is 6.03. The lowest BCUT2D eigenvalue weighted by Crippen LogP contribution is -2.75. The Labute approximate surface area is 180 Å². The summed E-state index contributed by atoms with van der Waals surface area (Å²) in [5, 5.41) is -8.56. The lowest BCUT2D eigenvalue weighted by atomic mass is 9.91. The van der Waals surface area contributed by atoms with Crippen molar-refractivity contribution in [3.05, 3.63) is 0 Å². The molecule has 26 heteroatoms. The van der Waals surface area contributed by atoms with Crippen LogP contribution in [0.25, 0.3) is 0 Å². The molecule has 0 saturated carbocycles. The first-order chi connectivity index (χ1) is 15.0. The van der Waals surface area contributed by atoms with E-state index in [4.69, 9.17) is 0 Å². The van der Waals surface area contributed by atoms with Crippen LogP contribution in [-0.2, 0) is 10.0 Å². The van der Waals surface area contributed by atoms with Gasteiger partial charge in [0.25, 0.3) is 10.0 Å². The van der Waals surface area contributed by atoms with E-state index < -0.39 is 73.9 Å². The molecule has 0 bridgehead atoms. The van der Waals surface area contributed by atoms with Gasteiger partial charge in [-0.2, -0.15) is 96.6 Å². The van der Waals surface area contributed by atoms with Gasteiger partial charge >= 0.3 is 59.2 Å². The van der Waals surface area contributed by atoms with E-state index in [2.05, 4.69) is 0 Å². The summed E-state index contributed by atoms with van der Waals surface area (Å²) >= 11 is 0. The van der Waals surface area contributed by atoms with Gasteiger partial charge in [-0.1, -0.05) is 0 Å². The van der Waals surface area contributed by atoms with Gasteiger partial charge in [0, 0.05) is 0 Å². The van der Waals surface area contributed by atoms with Crippen LogP contribution < -0.4 is 4.72 Å². The van der Waals surface area contributed by atoms with Gasteiger partial charge in [0.05, 0.1) is 0 Å². The first kappa shape index (κ1) is 34.4. The second-order valence-electron chi connectivity index (χ2n) is 6.14. The maximum absolute atomic E-state index is 13.4. The van der Waals surface area contributed by atoms with E-state index in [1.807, 2.05) is 0 Å². The highest BCUT2D eigenvalue weighted by Crippen LogP contribution is 2.64. The van der Waals surface area contributed by atoms with Crippen LogP contribution in [0.1, 0.15) is 0 Å². The van der Waals surface area contributed by atoms with Crippen molar-refractivity contribution in [3.8, 4) is 0 Å². The van der Waals surface area contributed by atoms with E-state index in [9.17, 15) is 105 Å². The molecule has 0 aliphatic heterocycles. The van der Waals surface area contributed by atoms with E-state index in [0.717, 1.165) is 0 Å². The minimum atomic E-state index is -9.26. The fraction of sp³-hybridized carbons (Fsp3) is 1.00. The van der Waals surface area contributed by atoms with E-state index >= 15 is 0 Å². The van der Waals surface area contributed by atoms with Crippen molar-refractivity contribution in [2.24, 2.45) is 0 Å². The van der Waals surface area contributed by atoms with E-state index in [-0.39, 0.29) is 0 Å². The standard InChI is InChI=1S/C10HF22NO2S/c11-1(12,3(15,16)5(19,20)7(23,24)25)2(13,14)4(17,18)6(21,22)10(31,32)36(34,35)33-9(29,30)8(26,27)28/h33H. The summed E-state index contributed by atoms with van der Waals surface area (Å²) in [4.78, 5) is 0. The smallest absolute Gasteiger partial charge is 0.206 e. The van der Waals surface area contributed by atoms with Crippen LogP contribution in [0.2, 0.25) is 0 Å². The molecule has 0 rings (SSSR count). The van der Waals surface area contributed by atoms with Crippen molar-refractivity contribution in [1.82, 2.24) is 4.72 Å². The number of hydrogen-bond donors (Lipinski definition) is 1. The first-order valence-electron chi connectivity index (χ1n) is 7.15. The molecule has 0 spiro atoms. The normalized spacial score (nSPS) is 16.9. The van der Waals surface area contributed by atoms with Crippen molar-refractivity contribution < 1.29 is 105 Å². The van der Waals surface area contributed by atoms with E-state index in [1.165, 1.54) is 0 Å². The first-order valence-corrected chi connectivity index (χ1v) is 8.63. The fourth-order valence-corrected chi connectivity index (χ4v) is 2.66. The lowest BCUT2D eigenvalue weighted by molar-refractivity contribution is -0.458. The lowest BCUT2D eigenvalue weighted by Gasteiger charge is -2.42. The highest BCUT2D eigenvalue weighted by molar-refractivity contribution is 7.90. The number of halogens is 22. The zero-order chi connectivity index (χ0) is 30.2. The summed E-state index contributed by atoms with van der Waals surface area (Å²) in [6, 6.07) is -7.32. The number of alkyl halides is 22. The van der Waals surface area contributed by atoms with E-state index in [1.54, 1.807) is 0 Å². The van der Waals surface area contributed by atoms with Crippen LogP contribution in [0.15, 0.2) is 0 Å². The van der Waals surface area contributed by atoms with E-state index in [0.29, 0.717) is 0 Å². The Kier molecular flexibility index (Phi) is 7.81. The summed E-state index contributed by atoms with van der Waals surface area (Å²) in [6.45, 7) is 0. The Bertz CT molecular complexity index is 925. The number of sulfonamides is 1. The molecule has 3 nitrogen and oxygen atoms in total. The van der Waals surface area contributed by atoms with Gasteiger partial charge in [0.2, 0.25) is 0 Å². The molecule has 0 amide bonds. The van der Waals surface area contributed by atoms with Crippen LogP contribution in [0.5, 0.6) is 0 Å². The van der Waals surface area contributed by atoms with Crippen molar-refractivity contribution in [1.29, 1.82) is 0 Å². The predicted molar refractivity (Wildman–Crippen MR) is 63.7 cm³/mol. The third-order valence-corrected chi connectivity index (χ3v) is 5.11. The van der Waals surface area contributed by atoms with Crippen LogP contribution in [0.4, 0.5) is 96.6 Å². The average Bonchev–Trinajstić information content (AvgIpc) is 2.57. The highest BCUT2D eigenvalue weighted by Gasteiger charge is 2.96. The molecule has 0 aliphatic carbocycles. The van der Waals surface area contributed by atoms with Gasteiger partial charge < -0.3 is 0 Å². The second-order valence-corrected chi connectivity index (χ2v) is 7.86. The van der Waals surface area contributed by atoms with Crippen LogP contribution in [-0.4, -0.2) is 67.6 Å². The van der Waals surface area contributed by atoms with Gasteiger partial charge in [-0.3, -0.25) is 0 Å². The summed E-state index contributed by atoms with van der Waals surface area (Å²) in [5.74, 6) is -54.1. The minimum Gasteiger partial charge on any atom is -0.206 e. The zero-order valence-corrected chi connectivity index (χ0v) is 15.9. The molecule has 0 aromatic carbocycles. The maximum atomic E-state index is 13.4. The number of rotatable bonds is 9. The Hall–Kier alpha value is -1.63. The molecule has 0 saturated heterocycles. The molecule has 0 aromatic rings. The third-order valence-electron chi connectivity index (χ3n) is 3.65. The van der Waals surface area contributed by atoms with Crippen molar-refractivity contribution in [2.75, 3.05) is 0 Å². The molecule has 0 fully saturated rings. The topological polar surface area (TPSA) is 46.2 Å². The third kappa shape index (κ3) is 4.37. The quantitative estimate of drug-likeness (QED) is 0.254.